The van der Waals surface area contributed by atoms with E-state index in [0.717, 1.165) is 0 Å². The van der Waals surface area contributed by atoms with Crippen LogP contribution in [-0.2, 0) is 9.59 Å². The average molecular weight is 451 g/mol. The number of hydrogen-bond donors (Lipinski definition) is 2. The first kappa shape index (κ1) is 20.7. The first-order valence-corrected chi connectivity index (χ1v) is 10.6. The fourth-order valence-corrected chi connectivity index (χ4v) is 4.94. The summed E-state index contributed by atoms with van der Waals surface area (Å²) in [6, 6.07) is 20.1. The molecule has 0 spiro atoms. The van der Waals surface area contributed by atoms with E-state index >= 15 is 0 Å². The fraction of sp³-hybridized carbons (Fsp3) is 0.200. The minimum atomic E-state index is -1.27. The molecule has 4 unspecified atom stereocenters. The van der Waals surface area contributed by atoms with Crippen LogP contribution in [0.15, 0.2) is 72.8 Å². The van der Waals surface area contributed by atoms with Gasteiger partial charge in [-0.3, -0.25) is 9.59 Å². The molecule has 0 aliphatic carbocycles. The zero-order valence-corrected chi connectivity index (χ0v) is 17.5. The van der Waals surface area contributed by atoms with E-state index in [1.54, 1.807) is 72.8 Å². The Morgan fingerprint density at radius 3 is 1.62 bits per heavy atom. The Kier molecular flexibility index (Phi) is 5.21. The number of aliphatic hydroxyl groups excluding tert-OH is 2. The van der Waals surface area contributed by atoms with Gasteiger partial charge >= 0.3 is 11.9 Å². The lowest BCUT2D eigenvalue weighted by Gasteiger charge is -2.40. The molecule has 6 nitrogen and oxygen atoms in total. The second-order valence-corrected chi connectivity index (χ2v) is 8.31. The summed E-state index contributed by atoms with van der Waals surface area (Å²) in [5.74, 6) is -4.28. The number of rotatable bonds is 3. The largest absolute Gasteiger partial charge is 0.426 e. The van der Waals surface area contributed by atoms with Crippen molar-refractivity contribution in [2.75, 3.05) is 0 Å². The summed E-state index contributed by atoms with van der Waals surface area (Å²) in [6.07, 6.45) is -2.54. The topological polar surface area (TPSA) is 93.1 Å². The molecule has 2 aliphatic rings. The second kappa shape index (κ2) is 8.06. The van der Waals surface area contributed by atoms with Gasteiger partial charge in [0.1, 0.15) is 11.5 Å². The molecule has 3 aromatic rings. The number of para-hydroxylation sites is 2. The number of benzene rings is 3. The van der Waals surface area contributed by atoms with Crippen LogP contribution in [0.25, 0.3) is 0 Å². The number of carbonyl (C=O) groups excluding carboxylic acids is 2. The van der Waals surface area contributed by atoms with Gasteiger partial charge in [-0.2, -0.15) is 0 Å². The maximum absolute atomic E-state index is 13.1. The highest BCUT2D eigenvalue weighted by Gasteiger charge is 2.52. The lowest BCUT2D eigenvalue weighted by atomic mass is 9.69. The summed E-state index contributed by atoms with van der Waals surface area (Å²) in [5.41, 5.74) is 1.29. The van der Waals surface area contributed by atoms with Gasteiger partial charge in [-0.15, -0.1) is 0 Å². The van der Waals surface area contributed by atoms with E-state index in [-0.39, 0.29) is 11.5 Å². The molecule has 0 radical (unpaired) electrons. The third-order valence-electron chi connectivity index (χ3n) is 6.16. The van der Waals surface area contributed by atoms with Gasteiger partial charge in [0, 0.05) is 22.1 Å². The summed E-state index contributed by atoms with van der Waals surface area (Å²) in [6.45, 7) is 0. The molecule has 4 atom stereocenters. The van der Waals surface area contributed by atoms with Gasteiger partial charge in [0.15, 0.2) is 0 Å². The molecule has 2 heterocycles. The van der Waals surface area contributed by atoms with Crippen LogP contribution in [0, 0.1) is 11.8 Å². The molecule has 2 aliphatic heterocycles. The quantitative estimate of drug-likeness (QED) is 0.463. The SMILES string of the molecule is O=C1Oc2ccccc2C(O)C1C(c1ccccc1Cl)C1C(=O)Oc2ccccc2C1O. The molecule has 3 aromatic carbocycles. The van der Waals surface area contributed by atoms with Crippen LogP contribution in [0.4, 0.5) is 0 Å². The monoisotopic (exact) mass is 450 g/mol. The lowest BCUT2D eigenvalue weighted by molar-refractivity contribution is -0.155. The van der Waals surface area contributed by atoms with E-state index < -0.39 is 41.9 Å². The van der Waals surface area contributed by atoms with E-state index in [4.69, 9.17) is 21.1 Å². The zero-order chi connectivity index (χ0) is 22.4. The van der Waals surface area contributed by atoms with E-state index in [2.05, 4.69) is 0 Å². The second-order valence-electron chi connectivity index (χ2n) is 7.91. The molecule has 0 saturated heterocycles. The molecule has 0 amide bonds. The number of aliphatic hydroxyl groups is 2. The molecule has 32 heavy (non-hydrogen) atoms. The predicted molar refractivity (Wildman–Crippen MR) is 115 cm³/mol. The standard InChI is InChI=1S/C25H19ClO6/c26-16-10-4-1-7-13(16)19(20-22(27)14-8-2-5-11-17(14)31-24(20)29)21-23(28)15-9-3-6-12-18(15)32-25(21)30/h1-12,19-23,27-28H. The molecule has 2 N–H and O–H groups in total. The molecular formula is C25H19ClO6. The van der Waals surface area contributed by atoms with Gasteiger partial charge in [-0.1, -0.05) is 66.2 Å². The van der Waals surface area contributed by atoms with Crippen LogP contribution >= 0.6 is 11.6 Å². The molecule has 0 fully saturated rings. The predicted octanol–water partition coefficient (Wildman–Crippen LogP) is 3.96. The van der Waals surface area contributed by atoms with Crippen molar-refractivity contribution < 1.29 is 29.3 Å². The molecule has 0 aromatic heterocycles. The van der Waals surface area contributed by atoms with Crippen LogP contribution in [0.3, 0.4) is 0 Å². The van der Waals surface area contributed by atoms with Crippen molar-refractivity contribution in [2.45, 2.75) is 18.1 Å². The summed E-state index contributed by atoms with van der Waals surface area (Å²) in [7, 11) is 0. The normalized spacial score (nSPS) is 25.2. The van der Waals surface area contributed by atoms with Crippen LogP contribution in [0.5, 0.6) is 11.5 Å². The van der Waals surface area contributed by atoms with Crippen molar-refractivity contribution in [3.8, 4) is 11.5 Å². The third-order valence-corrected chi connectivity index (χ3v) is 6.50. The minimum Gasteiger partial charge on any atom is -0.426 e. The van der Waals surface area contributed by atoms with Gasteiger partial charge in [-0.25, -0.2) is 0 Å². The van der Waals surface area contributed by atoms with E-state index in [1.165, 1.54) is 0 Å². The highest BCUT2D eigenvalue weighted by atomic mass is 35.5. The molecule has 5 rings (SSSR count). The highest BCUT2D eigenvalue weighted by molar-refractivity contribution is 6.31. The van der Waals surface area contributed by atoms with Gasteiger partial charge < -0.3 is 19.7 Å². The summed E-state index contributed by atoms with van der Waals surface area (Å²) in [5, 5.41) is 22.8. The molecule has 7 heteroatoms. The Labute approximate surface area is 189 Å². The number of fused-ring (bicyclic) bond motifs is 2. The van der Waals surface area contributed by atoms with Crippen molar-refractivity contribution >= 4 is 23.5 Å². The van der Waals surface area contributed by atoms with E-state index in [9.17, 15) is 19.8 Å². The Morgan fingerprint density at radius 2 is 1.12 bits per heavy atom. The maximum atomic E-state index is 13.1. The van der Waals surface area contributed by atoms with E-state index in [0.29, 0.717) is 21.7 Å². The lowest BCUT2D eigenvalue weighted by Crippen LogP contribution is -2.44. The Balaban J connectivity index is 1.67. The summed E-state index contributed by atoms with van der Waals surface area (Å²) >= 11 is 6.48. The average Bonchev–Trinajstić information content (AvgIpc) is 2.78. The van der Waals surface area contributed by atoms with Crippen molar-refractivity contribution in [3.05, 3.63) is 94.5 Å². The Morgan fingerprint density at radius 1 is 0.688 bits per heavy atom. The molecule has 0 bridgehead atoms. The third kappa shape index (κ3) is 3.28. The number of carbonyl (C=O) groups is 2. The maximum Gasteiger partial charge on any atom is 0.318 e. The van der Waals surface area contributed by atoms with Crippen molar-refractivity contribution in [3.63, 3.8) is 0 Å². The minimum absolute atomic E-state index is 0.260. The molecule has 0 saturated carbocycles. The van der Waals surface area contributed by atoms with Crippen LogP contribution in [0.2, 0.25) is 5.02 Å². The Bertz CT molecular complexity index is 1140. The van der Waals surface area contributed by atoms with Crippen molar-refractivity contribution in [1.29, 1.82) is 0 Å². The van der Waals surface area contributed by atoms with E-state index in [1.807, 2.05) is 0 Å². The van der Waals surface area contributed by atoms with Gasteiger partial charge in [0.05, 0.1) is 24.0 Å². The first-order chi connectivity index (χ1) is 15.5. The summed E-state index contributed by atoms with van der Waals surface area (Å²) < 4.78 is 11.0. The fourth-order valence-electron chi connectivity index (χ4n) is 4.67. The van der Waals surface area contributed by atoms with Crippen LogP contribution in [0.1, 0.15) is 34.8 Å². The zero-order valence-electron chi connectivity index (χ0n) is 16.7. The molecule has 162 valence electrons. The van der Waals surface area contributed by atoms with Crippen LogP contribution < -0.4 is 9.47 Å². The van der Waals surface area contributed by atoms with Crippen molar-refractivity contribution in [1.82, 2.24) is 0 Å². The number of ether oxygens (including phenoxy) is 2. The van der Waals surface area contributed by atoms with Gasteiger partial charge in [0.25, 0.3) is 0 Å². The summed E-state index contributed by atoms with van der Waals surface area (Å²) in [4.78, 5) is 26.3. The highest BCUT2D eigenvalue weighted by Crippen LogP contribution is 2.52. The number of esters is 2. The number of hydrogen-bond acceptors (Lipinski definition) is 6. The van der Waals surface area contributed by atoms with Gasteiger partial charge in [0.2, 0.25) is 0 Å². The first-order valence-electron chi connectivity index (χ1n) is 10.2. The molecular weight excluding hydrogens is 432 g/mol. The Hall–Kier alpha value is -3.19. The number of halogens is 1. The smallest absolute Gasteiger partial charge is 0.318 e. The van der Waals surface area contributed by atoms with Gasteiger partial charge in [-0.05, 0) is 23.8 Å². The van der Waals surface area contributed by atoms with Crippen molar-refractivity contribution in [2.24, 2.45) is 11.8 Å². The van der Waals surface area contributed by atoms with Crippen LogP contribution in [-0.4, -0.2) is 22.2 Å².